The minimum atomic E-state index is -5.59. The zero-order valence-electron chi connectivity index (χ0n) is 29.2. The van der Waals surface area contributed by atoms with Crippen LogP contribution in [0, 0.1) is 5.41 Å². The molecule has 0 bridgehead atoms. The molecule has 1 aliphatic rings. The van der Waals surface area contributed by atoms with Crippen LogP contribution in [0.2, 0.25) is 0 Å². The van der Waals surface area contributed by atoms with Gasteiger partial charge in [-0.15, -0.1) is 0 Å². The van der Waals surface area contributed by atoms with E-state index in [4.69, 9.17) is 24.0 Å². The van der Waals surface area contributed by atoms with Crippen LogP contribution in [0.4, 0.5) is 5.82 Å². The van der Waals surface area contributed by atoms with Crippen molar-refractivity contribution in [3.63, 3.8) is 0 Å². The van der Waals surface area contributed by atoms with E-state index in [1.54, 1.807) is 6.92 Å². The van der Waals surface area contributed by atoms with E-state index < -0.39 is 84.1 Å². The molecule has 1 fully saturated rings. The van der Waals surface area contributed by atoms with E-state index in [1.165, 1.54) is 20.8 Å². The topological polar surface area (TPSA) is 364 Å². The van der Waals surface area contributed by atoms with E-state index in [1.807, 2.05) is 0 Å². The molecule has 10 N–H and O–H groups in total. The number of aliphatic hydroxyl groups excluding tert-OH is 2. The van der Waals surface area contributed by atoms with Crippen molar-refractivity contribution in [3.8, 4) is 0 Å². The van der Waals surface area contributed by atoms with Crippen molar-refractivity contribution in [3.05, 3.63) is 24.8 Å². The number of aromatic nitrogens is 4. The predicted octanol–water partition coefficient (Wildman–Crippen LogP) is -0.585. The highest BCUT2D eigenvalue weighted by molar-refractivity contribution is 8.14. The first-order valence-electron chi connectivity index (χ1n) is 15.5. The highest BCUT2D eigenvalue weighted by Crippen LogP contribution is 2.61. The standard InChI is InChI=1S/C26H42N7O17P3S/c1-14(2)24(38)54-9-8-28-16(34)6-7-29-23(37)20(36)25(3,4)11-47-53(44,45)50-52(42,43)46-10-15-18(49-51(39,40)41)19(35)26(5,48-15)33-13-32-17-21(27)30-12-31-22(17)33/h12-13,15,18-20,35-36H,1,6-11H2,2-5H3,(H,28,34)(H,29,37)(H,42,43)(H,44,45)(H2,27,30,31)(H2,39,40,41). The van der Waals surface area contributed by atoms with Gasteiger partial charge in [0.2, 0.25) is 16.9 Å². The van der Waals surface area contributed by atoms with Gasteiger partial charge in [-0.1, -0.05) is 32.2 Å². The molecule has 1 aliphatic heterocycles. The quantitative estimate of drug-likeness (QED) is 0.0457. The minimum Gasteiger partial charge on any atom is -0.385 e. The van der Waals surface area contributed by atoms with Crippen molar-refractivity contribution in [1.29, 1.82) is 0 Å². The lowest BCUT2D eigenvalue weighted by molar-refractivity contribution is -0.137. The molecule has 0 spiro atoms. The highest BCUT2D eigenvalue weighted by atomic mass is 32.2. The first-order chi connectivity index (χ1) is 24.8. The molecule has 2 aromatic rings. The summed E-state index contributed by atoms with van der Waals surface area (Å²) in [7, 11) is -16.4. The van der Waals surface area contributed by atoms with Crippen LogP contribution in [0.5, 0.6) is 0 Å². The molecule has 3 rings (SSSR count). The third-order valence-corrected chi connectivity index (χ3v) is 11.7. The smallest absolute Gasteiger partial charge is 0.385 e. The Morgan fingerprint density at radius 3 is 2.39 bits per heavy atom. The van der Waals surface area contributed by atoms with Gasteiger partial charge in [0.1, 0.15) is 36.3 Å². The van der Waals surface area contributed by atoms with Crippen molar-refractivity contribution in [2.24, 2.45) is 5.41 Å². The predicted molar refractivity (Wildman–Crippen MR) is 187 cm³/mol. The van der Waals surface area contributed by atoms with Crippen LogP contribution >= 0.6 is 35.2 Å². The number of nitrogens with one attached hydrogen (secondary N) is 2. The lowest BCUT2D eigenvalue weighted by atomic mass is 9.87. The van der Waals surface area contributed by atoms with E-state index in [2.05, 4.69) is 36.5 Å². The fourth-order valence-electron chi connectivity index (χ4n) is 4.71. The Hall–Kier alpha value is -2.70. The first-order valence-corrected chi connectivity index (χ1v) is 21.0. The van der Waals surface area contributed by atoms with Gasteiger partial charge in [-0.2, -0.15) is 4.31 Å². The Morgan fingerprint density at radius 1 is 1.11 bits per heavy atom. The number of carbonyl (C=O) groups excluding carboxylic acids is 3. The summed E-state index contributed by atoms with van der Waals surface area (Å²) in [5, 5.41) is 26.3. The zero-order valence-corrected chi connectivity index (χ0v) is 32.7. The number of carbonyl (C=O) groups is 3. The summed E-state index contributed by atoms with van der Waals surface area (Å²) in [4.78, 5) is 87.2. The minimum absolute atomic E-state index is 0.0175. The molecule has 0 radical (unpaired) electrons. The van der Waals surface area contributed by atoms with Gasteiger partial charge >= 0.3 is 23.5 Å². The number of nitrogens with two attached hydrogens (primary N) is 1. The fourth-order valence-corrected chi connectivity index (χ4v) is 8.17. The number of hydrogen-bond donors (Lipinski definition) is 9. The maximum atomic E-state index is 12.7. The first kappa shape index (κ1) is 45.7. The van der Waals surface area contributed by atoms with Crippen molar-refractivity contribution in [1.82, 2.24) is 30.2 Å². The van der Waals surface area contributed by atoms with E-state index >= 15 is 0 Å². The number of phosphoric ester groups is 3. The summed E-state index contributed by atoms with van der Waals surface area (Å²) in [6.45, 7) is 6.74. The van der Waals surface area contributed by atoms with Crippen LogP contribution < -0.4 is 16.4 Å². The van der Waals surface area contributed by atoms with Gasteiger partial charge in [0.25, 0.3) is 0 Å². The summed E-state index contributed by atoms with van der Waals surface area (Å²) < 4.78 is 62.5. The number of nitrogens with zero attached hydrogens (tertiary/aromatic N) is 4. The molecule has 24 nitrogen and oxygen atoms in total. The van der Waals surface area contributed by atoms with Crippen LogP contribution in [-0.4, -0.2) is 123 Å². The van der Waals surface area contributed by atoms with Crippen molar-refractivity contribution in [2.45, 2.75) is 64.3 Å². The second-order valence-electron chi connectivity index (χ2n) is 12.5. The number of phosphoric acid groups is 3. The Morgan fingerprint density at radius 2 is 1.76 bits per heavy atom. The number of aliphatic hydroxyl groups is 2. The van der Waals surface area contributed by atoms with E-state index in [-0.39, 0.29) is 41.6 Å². The Labute approximate surface area is 311 Å². The van der Waals surface area contributed by atoms with Gasteiger partial charge in [0, 0.05) is 30.7 Å². The molecule has 0 saturated carbocycles. The highest BCUT2D eigenvalue weighted by Gasteiger charge is 2.57. The Bertz CT molecular complexity index is 1860. The molecular weight excluding hydrogens is 807 g/mol. The molecule has 2 aromatic heterocycles. The van der Waals surface area contributed by atoms with Crippen LogP contribution in [0.15, 0.2) is 24.8 Å². The Balaban J connectivity index is 1.56. The van der Waals surface area contributed by atoms with Crippen LogP contribution in [0.3, 0.4) is 0 Å². The molecule has 2 amide bonds. The summed E-state index contributed by atoms with van der Waals surface area (Å²) in [5.41, 5.74) is 2.66. The second kappa shape index (κ2) is 18.0. The van der Waals surface area contributed by atoms with Crippen molar-refractivity contribution >= 4 is 69.1 Å². The van der Waals surface area contributed by atoms with Gasteiger partial charge in [0.15, 0.2) is 17.2 Å². The number of anilines is 1. The Kier molecular flexibility index (Phi) is 15.3. The molecule has 1 saturated heterocycles. The van der Waals surface area contributed by atoms with E-state index in [0.29, 0.717) is 11.3 Å². The fraction of sp³-hybridized carbons (Fsp3) is 0.615. The molecule has 0 aliphatic carbocycles. The summed E-state index contributed by atoms with van der Waals surface area (Å²) in [6.07, 6.45) is -5.51. The number of thioether (sulfide) groups is 1. The molecule has 3 heterocycles. The number of fused-ring (bicyclic) bond motifs is 1. The molecule has 0 aromatic carbocycles. The maximum absolute atomic E-state index is 12.7. The largest absolute Gasteiger partial charge is 0.481 e. The number of amides is 2. The molecular formula is C26H42N7O17P3S. The van der Waals surface area contributed by atoms with Gasteiger partial charge in [-0.25, -0.2) is 28.6 Å². The number of imidazole rings is 1. The molecule has 7 unspecified atom stereocenters. The summed E-state index contributed by atoms with van der Waals surface area (Å²) >= 11 is 0.979. The second-order valence-corrected chi connectivity index (χ2v) is 17.9. The van der Waals surface area contributed by atoms with Crippen molar-refractivity contribution < 1.29 is 80.5 Å². The molecule has 54 heavy (non-hydrogen) atoms. The third kappa shape index (κ3) is 12.4. The lowest BCUT2D eigenvalue weighted by Crippen LogP contribution is -2.46. The zero-order chi connectivity index (χ0) is 40.9. The monoisotopic (exact) mass is 849 g/mol. The molecule has 304 valence electrons. The van der Waals surface area contributed by atoms with E-state index in [9.17, 15) is 57.9 Å². The van der Waals surface area contributed by atoms with Gasteiger partial charge in [-0.3, -0.25) is 32.5 Å². The number of ether oxygens (including phenoxy) is 1. The SMILES string of the molecule is C=C(C)C(=O)SCCNC(=O)CCNC(=O)C(O)C(C)(C)COP(=O)(O)OP(=O)(O)OCC1OC(C)(n2cnc3c(N)ncnc32)C(O)C1OP(=O)(O)O. The number of nitrogen functional groups attached to an aromatic ring is 1. The van der Waals surface area contributed by atoms with Crippen LogP contribution in [0.25, 0.3) is 11.2 Å². The van der Waals surface area contributed by atoms with Gasteiger partial charge in [0.05, 0.1) is 19.5 Å². The third-order valence-electron chi connectivity index (χ3n) is 7.57. The normalized spacial score (nSPS) is 23.3. The summed E-state index contributed by atoms with van der Waals surface area (Å²) in [6, 6.07) is 0. The maximum Gasteiger partial charge on any atom is 0.481 e. The molecule has 28 heteroatoms. The average molecular weight is 850 g/mol. The van der Waals surface area contributed by atoms with Gasteiger partial charge < -0.3 is 50.9 Å². The van der Waals surface area contributed by atoms with Gasteiger partial charge in [-0.05, 0) is 19.4 Å². The number of rotatable bonds is 20. The van der Waals surface area contributed by atoms with E-state index in [0.717, 1.165) is 29.0 Å². The molecule has 7 atom stereocenters. The van der Waals surface area contributed by atoms with Crippen LogP contribution in [0.1, 0.15) is 34.1 Å². The summed E-state index contributed by atoms with van der Waals surface area (Å²) in [5.74, 6) is -1.18. The lowest BCUT2D eigenvalue weighted by Gasteiger charge is -2.30. The van der Waals surface area contributed by atoms with Crippen LogP contribution in [-0.2, 0) is 56.4 Å². The average Bonchev–Trinajstić information content (AvgIpc) is 3.60. The number of hydrogen-bond acceptors (Lipinski definition) is 18. The van der Waals surface area contributed by atoms with Crippen molar-refractivity contribution in [2.75, 3.05) is 37.8 Å².